The molecule has 2 aliphatic heterocycles. The van der Waals surface area contributed by atoms with Crippen LogP contribution in [-0.2, 0) is 6.54 Å². The van der Waals surface area contributed by atoms with Gasteiger partial charge in [0.1, 0.15) is 11.5 Å². The van der Waals surface area contributed by atoms with Crippen LogP contribution in [0.5, 0.6) is 11.5 Å². The molecule has 1 fully saturated rings. The summed E-state index contributed by atoms with van der Waals surface area (Å²) in [6, 6.07) is 17.8. The molecule has 0 radical (unpaired) electrons. The smallest absolute Gasteiger partial charge is 0.323 e. The number of nitrogens with zero attached hydrogens (tertiary/aromatic N) is 3. The fourth-order valence-corrected chi connectivity index (χ4v) is 6.36. The SMILES string of the molecule is CCn1c(C)c(C=C2Oc3ccc(NC(=O)Nc4ccc(C(=O)N5CCC(N(C)C)CC5)cc4)cc3C2=O)c2cc(OC)ccc21. The number of rotatable bonds is 7. The normalized spacial score (nSPS) is 15.7. The minimum atomic E-state index is -0.469. The Kier molecular flexibility index (Phi) is 8.55. The van der Waals surface area contributed by atoms with Gasteiger partial charge in [0.25, 0.3) is 5.91 Å². The molecule has 1 saturated heterocycles. The van der Waals surface area contributed by atoms with Crippen molar-refractivity contribution in [3.63, 3.8) is 0 Å². The number of aryl methyl sites for hydroxylation is 1. The molecular weight excluding hydrogens is 582 g/mol. The van der Waals surface area contributed by atoms with Gasteiger partial charge in [-0.25, -0.2) is 4.79 Å². The number of likely N-dealkylation sites (tertiary alicyclic amines) is 1. The summed E-state index contributed by atoms with van der Waals surface area (Å²) in [7, 11) is 5.78. The highest BCUT2D eigenvalue weighted by atomic mass is 16.5. The Morgan fingerprint density at radius 3 is 2.37 bits per heavy atom. The molecule has 2 N–H and O–H groups in total. The van der Waals surface area contributed by atoms with Crippen LogP contribution in [0.25, 0.3) is 17.0 Å². The third-order valence-corrected chi connectivity index (χ3v) is 8.97. The number of aromatic nitrogens is 1. The van der Waals surface area contributed by atoms with Crippen LogP contribution in [0, 0.1) is 6.92 Å². The maximum atomic E-state index is 13.4. The number of fused-ring (bicyclic) bond motifs is 2. The number of anilines is 2. The second kappa shape index (κ2) is 12.7. The fourth-order valence-electron chi connectivity index (χ4n) is 6.36. The Labute approximate surface area is 268 Å². The van der Waals surface area contributed by atoms with Crippen molar-refractivity contribution in [1.82, 2.24) is 14.4 Å². The summed E-state index contributed by atoms with van der Waals surface area (Å²) < 4.78 is 13.6. The topological polar surface area (TPSA) is 105 Å². The van der Waals surface area contributed by atoms with E-state index in [1.165, 1.54) is 0 Å². The molecule has 0 spiro atoms. The van der Waals surface area contributed by atoms with Gasteiger partial charge < -0.3 is 34.5 Å². The minimum Gasteiger partial charge on any atom is -0.497 e. The van der Waals surface area contributed by atoms with E-state index in [4.69, 9.17) is 9.47 Å². The molecule has 3 amide bonds. The maximum Gasteiger partial charge on any atom is 0.323 e. The molecule has 0 atom stereocenters. The van der Waals surface area contributed by atoms with Gasteiger partial charge in [0, 0.05) is 64.8 Å². The first-order valence-electron chi connectivity index (χ1n) is 15.6. The number of benzene rings is 3. The van der Waals surface area contributed by atoms with E-state index < -0.39 is 6.03 Å². The lowest BCUT2D eigenvalue weighted by atomic mass is 10.0. The first-order chi connectivity index (χ1) is 22.2. The molecule has 6 rings (SSSR count). The number of ketones is 1. The molecule has 0 bridgehead atoms. The molecule has 238 valence electrons. The summed E-state index contributed by atoms with van der Waals surface area (Å²) in [6.07, 6.45) is 3.69. The van der Waals surface area contributed by atoms with Gasteiger partial charge in [-0.2, -0.15) is 0 Å². The Morgan fingerprint density at radius 1 is 1.00 bits per heavy atom. The second-order valence-electron chi connectivity index (χ2n) is 11.9. The summed E-state index contributed by atoms with van der Waals surface area (Å²) in [5.41, 5.74) is 4.92. The van der Waals surface area contributed by atoms with E-state index in [-0.39, 0.29) is 17.4 Å². The number of nitrogens with one attached hydrogen (secondary N) is 2. The van der Waals surface area contributed by atoms with Crippen LogP contribution in [0.1, 0.15) is 51.7 Å². The van der Waals surface area contributed by atoms with Crippen molar-refractivity contribution < 1.29 is 23.9 Å². The molecule has 3 aromatic carbocycles. The standard InChI is InChI=1S/C36H39N5O5/c1-6-41-22(2)28(29-20-27(45-5)12-13-31(29)41)21-33-34(42)30-19-25(11-14-32(30)46-33)38-36(44)37-24-9-7-23(8-10-24)35(43)40-17-15-26(16-18-40)39(3)4/h7-14,19-21,26H,6,15-18H2,1-5H3,(H2,37,38,44). The average molecular weight is 622 g/mol. The van der Waals surface area contributed by atoms with Crippen molar-refractivity contribution in [1.29, 1.82) is 0 Å². The number of piperidine rings is 1. The van der Waals surface area contributed by atoms with Crippen molar-refractivity contribution in [2.24, 2.45) is 0 Å². The lowest BCUT2D eigenvalue weighted by Crippen LogP contribution is -2.44. The average Bonchev–Trinajstić information content (AvgIpc) is 3.52. The van der Waals surface area contributed by atoms with E-state index in [0.717, 1.165) is 60.4 Å². The van der Waals surface area contributed by atoms with Crippen LogP contribution in [-0.4, -0.2) is 72.4 Å². The zero-order chi connectivity index (χ0) is 32.5. The fraction of sp³-hybridized carbons (Fsp3) is 0.306. The predicted octanol–water partition coefficient (Wildman–Crippen LogP) is 6.40. The Bertz CT molecular complexity index is 1850. The Balaban J connectivity index is 1.11. The Morgan fingerprint density at radius 2 is 1.70 bits per heavy atom. The Hall–Kier alpha value is -5.09. The molecule has 0 unspecified atom stereocenters. The van der Waals surface area contributed by atoms with Gasteiger partial charge in [0.15, 0.2) is 5.76 Å². The summed E-state index contributed by atoms with van der Waals surface area (Å²) in [6.45, 7) is 6.35. The number of methoxy groups -OCH3 is 1. The molecule has 4 aromatic rings. The lowest BCUT2D eigenvalue weighted by Gasteiger charge is -2.35. The molecular formula is C36H39N5O5. The molecule has 10 nitrogen and oxygen atoms in total. The van der Waals surface area contributed by atoms with Crippen molar-refractivity contribution in [3.05, 3.63) is 88.8 Å². The lowest BCUT2D eigenvalue weighted by molar-refractivity contribution is 0.0663. The largest absolute Gasteiger partial charge is 0.497 e. The highest BCUT2D eigenvalue weighted by Crippen LogP contribution is 2.37. The molecule has 1 aromatic heterocycles. The van der Waals surface area contributed by atoms with Crippen molar-refractivity contribution >= 4 is 46.1 Å². The van der Waals surface area contributed by atoms with Crippen LogP contribution < -0.4 is 20.1 Å². The second-order valence-corrected chi connectivity index (χ2v) is 11.9. The van der Waals surface area contributed by atoms with Crippen LogP contribution in [0.15, 0.2) is 66.4 Å². The zero-order valence-electron chi connectivity index (χ0n) is 26.8. The number of hydrogen-bond acceptors (Lipinski definition) is 6. The van der Waals surface area contributed by atoms with E-state index in [2.05, 4.69) is 41.1 Å². The van der Waals surface area contributed by atoms with Gasteiger partial charge in [0.2, 0.25) is 5.78 Å². The summed E-state index contributed by atoms with van der Waals surface area (Å²) in [4.78, 5) is 43.3. The highest BCUT2D eigenvalue weighted by Gasteiger charge is 2.29. The molecule has 0 saturated carbocycles. The van der Waals surface area contributed by atoms with Gasteiger partial charge in [-0.15, -0.1) is 0 Å². The highest BCUT2D eigenvalue weighted by molar-refractivity contribution is 6.16. The first kappa shape index (κ1) is 30.9. The number of allylic oxidation sites excluding steroid dienone is 1. The summed E-state index contributed by atoms with van der Waals surface area (Å²) in [5, 5.41) is 6.56. The third kappa shape index (κ3) is 5.95. The number of amides is 3. The van der Waals surface area contributed by atoms with Crippen LogP contribution >= 0.6 is 0 Å². The van der Waals surface area contributed by atoms with Crippen molar-refractivity contribution in [3.8, 4) is 11.5 Å². The quantitative estimate of drug-likeness (QED) is 0.231. The summed E-state index contributed by atoms with van der Waals surface area (Å²) >= 11 is 0. The molecule has 3 heterocycles. The van der Waals surface area contributed by atoms with Crippen molar-refractivity contribution in [2.75, 3.05) is 44.9 Å². The number of ether oxygens (including phenoxy) is 2. The molecule has 46 heavy (non-hydrogen) atoms. The maximum absolute atomic E-state index is 13.4. The van der Waals surface area contributed by atoms with E-state index in [1.54, 1.807) is 55.7 Å². The van der Waals surface area contributed by atoms with Crippen LogP contribution in [0.3, 0.4) is 0 Å². The third-order valence-electron chi connectivity index (χ3n) is 8.97. The van der Waals surface area contributed by atoms with Gasteiger partial charge in [0.05, 0.1) is 12.7 Å². The van der Waals surface area contributed by atoms with Crippen LogP contribution in [0.2, 0.25) is 0 Å². The molecule has 0 aliphatic carbocycles. The van der Waals surface area contributed by atoms with E-state index in [0.29, 0.717) is 34.3 Å². The minimum absolute atomic E-state index is 0.00217. The number of carbonyl (C=O) groups is 3. The van der Waals surface area contributed by atoms with Gasteiger partial charge in [-0.1, -0.05) is 0 Å². The number of Topliss-reactive ketones (excluding diaryl/α,β-unsaturated/α-hetero) is 1. The van der Waals surface area contributed by atoms with Crippen molar-refractivity contribution in [2.45, 2.75) is 39.3 Å². The first-order valence-corrected chi connectivity index (χ1v) is 15.6. The van der Waals surface area contributed by atoms with Crippen LogP contribution in [0.4, 0.5) is 16.2 Å². The monoisotopic (exact) mass is 621 g/mol. The predicted molar refractivity (Wildman–Crippen MR) is 180 cm³/mol. The number of carbonyl (C=O) groups excluding carboxylic acids is 3. The van der Waals surface area contributed by atoms with Gasteiger partial charge in [-0.3, -0.25) is 9.59 Å². The molecule has 10 heteroatoms. The van der Waals surface area contributed by atoms with E-state index >= 15 is 0 Å². The summed E-state index contributed by atoms with van der Waals surface area (Å²) in [5.74, 6) is 1.12. The molecule has 2 aliphatic rings. The number of urea groups is 1. The van der Waals surface area contributed by atoms with Gasteiger partial charge in [-0.05, 0) is 108 Å². The van der Waals surface area contributed by atoms with E-state index in [1.807, 2.05) is 30.0 Å². The van der Waals surface area contributed by atoms with Gasteiger partial charge >= 0.3 is 6.03 Å². The van der Waals surface area contributed by atoms with E-state index in [9.17, 15) is 14.4 Å². The number of hydrogen-bond donors (Lipinski definition) is 2. The zero-order valence-corrected chi connectivity index (χ0v) is 26.8.